The van der Waals surface area contributed by atoms with E-state index in [0.29, 0.717) is 5.82 Å². The van der Waals surface area contributed by atoms with Crippen molar-refractivity contribution in [2.24, 2.45) is 0 Å². The number of halogens is 1. The van der Waals surface area contributed by atoms with Crippen LogP contribution in [0.5, 0.6) is 11.5 Å². The highest BCUT2D eigenvalue weighted by Crippen LogP contribution is 2.30. The second-order valence-corrected chi connectivity index (χ2v) is 4.31. The molecule has 1 N–H and O–H groups in total. The lowest BCUT2D eigenvalue weighted by atomic mass is 10.2. The average Bonchev–Trinajstić information content (AvgIpc) is 2.97. The molecule has 0 saturated heterocycles. The number of rotatable bonds is 3. The van der Waals surface area contributed by atoms with Crippen LogP contribution in [0.25, 0.3) is 22.8 Å². The first kappa shape index (κ1) is 13.1. The molecule has 1 heterocycles. The second-order valence-electron chi connectivity index (χ2n) is 4.31. The first-order chi connectivity index (χ1) is 10.2. The molecule has 0 aliphatic carbocycles. The molecule has 0 amide bonds. The SMILES string of the molecule is COc1ccc(-c2noc(-c3ccc(F)cc3O)n2)cc1. The van der Waals surface area contributed by atoms with Crippen molar-refractivity contribution in [3.63, 3.8) is 0 Å². The van der Waals surface area contributed by atoms with Crippen LogP contribution in [0.4, 0.5) is 4.39 Å². The number of hydrogen-bond acceptors (Lipinski definition) is 5. The van der Waals surface area contributed by atoms with Gasteiger partial charge in [0.15, 0.2) is 0 Å². The van der Waals surface area contributed by atoms with Crippen molar-refractivity contribution in [2.45, 2.75) is 0 Å². The summed E-state index contributed by atoms with van der Waals surface area (Å²) in [5.41, 5.74) is 1.02. The predicted molar refractivity (Wildman–Crippen MR) is 73.3 cm³/mol. The van der Waals surface area contributed by atoms with E-state index in [1.165, 1.54) is 12.1 Å². The van der Waals surface area contributed by atoms with Crippen LogP contribution in [0.15, 0.2) is 47.0 Å². The van der Waals surface area contributed by atoms with Gasteiger partial charge in [-0.25, -0.2) is 4.39 Å². The summed E-state index contributed by atoms with van der Waals surface area (Å²) in [4.78, 5) is 4.20. The molecular formula is C15H11FN2O3. The standard InChI is InChI=1S/C15H11FN2O3/c1-20-11-5-2-9(3-6-11)14-17-15(21-18-14)12-7-4-10(16)8-13(12)19/h2-8,19H,1H3. The Kier molecular flexibility index (Phi) is 3.27. The number of aromatic hydroxyl groups is 1. The lowest BCUT2D eigenvalue weighted by Gasteiger charge is -1.99. The van der Waals surface area contributed by atoms with Crippen molar-refractivity contribution in [3.8, 4) is 34.3 Å². The third-order valence-electron chi connectivity index (χ3n) is 2.96. The monoisotopic (exact) mass is 286 g/mol. The molecule has 106 valence electrons. The fourth-order valence-corrected chi connectivity index (χ4v) is 1.88. The molecule has 0 fully saturated rings. The van der Waals surface area contributed by atoms with Crippen LogP contribution >= 0.6 is 0 Å². The lowest BCUT2D eigenvalue weighted by molar-refractivity contribution is 0.414. The van der Waals surface area contributed by atoms with E-state index in [1.807, 2.05) is 0 Å². The molecule has 1 aromatic heterocycles. The van der Waals surface area contributed by atoms with Crippen LogP contribution in [-0.2, 0) is 0 Å². The number of benzene rings is 2. The van der Waals surface area contributed by atoms with Crippen molar-refractivity contribution in [1.82, 2.24) is 10.1 Å². The molecule has 0 radical (unpaired) electrons. The van der Waals surface area contributed by atoms with Crippen molar-refractivity contribution >= 4 is 0 Å². The van der Waals surface area contributed by atoms with Crippen LogP contribution in [-0.4, -0.2) is 22.4 Å². The summed E-state index contributed by atoms with van der Waals surface area (Å²) in [6, 6.07) is 10.7. The van der Waals surface area contributed by atoms with E-state index in [9.17, 15) is 9.50 Å². The molecule has 0 spiro atoms. The summed E-state index contributed by atoms with van der Waals surface area (Å²) in [6.45, 7) is 0. The van der Waals surface area contributed by atoms with Gasteiger partial charge in [-0.05, 0) is 36.4 Å². The minimum Gasteiger partial charge on any atom is -0.507 e. The molecule has 2 aromatic carbocycles. The van der Waals surface area contributed by atoms with Crippen LogP contribution in [0.2, 0.25) is 0 Å². The van der Waals surface area contributed by atoms with Gasteiger partial charge in [0.25, 0.3) is 5.89 Å². The summed E-state index contributed by atoms with van der Waals surface area (Å²) in [7, 11) is 1.58. The van der Waals surface area contributed by atoms with Gasteiger partial charge in [0.1, 0.15) is 17.3 Å². The summed E-state index contributed by atoms with van der Waals surface area (Å²) in [6.07, 6.45) is 0. The van der Waals surface area contributed by atoms with Crippen molar-refractivity contribution in [3.05, 3.63) is 48.3 Å². The Morgan fingerprint density at radius 1 is 1.14 bits per heavy atom. The maximum atomic E-state index is 13.0. The van der Waals surface area contributed by atoms with Gasteiger partial charge in [-0.1, -0.05) is 5.16 Å². The van der Waals surface area contributed by atoms with E-state index in [0.717, 1.165) is 17.4 Å². The van der Waals surface area contributed by atoms with Gasteiger partial charge in [-0.15, -0.1) is 0 Å². The van der Waals surface area contributed by atoms with E-state index in [1.54, 1.807) is 31.4 Å². The molecule has 0 atom stereocenters. The highest BCUT2D eigenvalue weighted by atomic mass is 19.1. The Bertz CT molecular complexity index is 769. The van der Waals surface area contributed by atoms with E-state index < -0.39 is 5.82 Å². The fourth-order valence-electron chi connectivity index (χ4n) is 1.88. The molecule has 0 saturated carbocycles. The van der Waals surface area contributed by atoms with E-state index in [4.69, 9.17) is 9.26 Å². The van der Waals surface area contributed by atoms with Gasteiger partial charge >= 0.3 is 0 Å². The highest BCUT2D eigenvalue weighted by Gasteiger charge is 2.14. The summed E-state index contributed by atoms with van der Waals surface area (Å²) in [5.74, 6) is 0.430. The summed E-state index contributed by atoms with van der Waals surface area (Å²) >= 11 is 0. The van der Waals surface area contributed by atoms with Crippen molar-refractivity contribution < 1.29 is 18.8 Å². The number of hydrogen-bond donors (Lipinski definition) is 1. The van der Waals surface area contributed by atoms with Crippen LogP contribution < -0.4 is 4.74 Å². The molecule has 6 heteroatoms. The molecule has 21 heavy (non-hydrogen) atoms. The lowest BCUT2D eigenvalue weighted by Crippen LogP contribution is -1.84. The second kappa shape index (κ2) is 5.24. The zero-order valence-electron chi connectivity index (χ0n) is 11.1. The molecular weight excluding hydrogens is 275 g/mol. The quantitative estimate of drug-likeness (QED) is 0.800. The zero-order chi connectivity index (χ0) is 14.8. The average molecular weight is 286 g/mol. The van der Waals surface area contributed by atoms with Crippen molar-refractivity contribution in [1.29, 1.82) is 0 Å². The highest BCUT2D eigenvalue weighted by molar-refractivity contribution is 5.65. The Balaban J connectivity index is 1.95. The number of ether oxygens (including phenoxy) is 1. The van der Waals surface area contributed by atoms with E-state index in [2.05, 4.69) is 10.1 Å². The van der Waals surface area contributed by atoms with E-state index >= 15 is 0 Å². The Labute approximate surface area is 119 Å². The smallest absolute Gasteiger partial charge is 0.262 e. The van der Waals surface area contributed by atoms with Crippen LogP contribution in [0.1, 0.15) is 0 Å². The molecule has 5 nitrogen and oxygen atoms in total. The molecule has 0 aliphatic rings. The number of nitrogens with zero attached hydrogens (tertiary/aromatic N) is 2. The number of phenols is 1. The number of methoxy groups -OCH3 is 1. The third-order valence-corrected chi connectivity index (χ3v) is 2.96. The predicted octanol–water partition coefficient (Wildman–Crippen LogP) is 3.26. The maximum absolute atomic E-state index is 13.0. The Morgan fingerprint density at radius 3 is 2.57 bits per heavy atom. The van der Waals surface area contributed by atoms with Gasteiger partial charge in [-0.3, -0.25) is 0 Å². The van der Waals surface area contributed by atoms with Gasteiger partial charge in [-0.2, -0.15) is 4.98 Å². The molecule has 0 aliphatic heterocycles. The Morgan fingerprint density at radius 2 is 1.90 bits per heavy atom. The fraction of sp³-hybridized carbons (Fsp3) is 0.0667. The van der Waals surface area contributed by atoms with E-state index in [-0.39, 0.29) is 17.2 Å². The molecule has 3 rings (SSSR count). The number of aromatic nitrogens is 2. The molecule has 0 bridgehead atoms. The largest absolute Gasteiger partial charge is 0.507 e. The summed E-state index contributed by atoms with van der Waals surface area (Å²) in [5, 5.41) is 13.6. The van der Waals surface area contributed by atoms with Gasteiger partial charge in [0.2, 0.25) is 5.82 Å². The first-order valence-corrected chi connectivity index (χ1v) is 6.14. The minimum absolute atomic E-state index is 0.123. The van der Waals surface area contributed by atoms with Crippen LogP contribution in [0, 0.1) is 5.82 Å². The third kappa shape index (κ3) is 2.55. The van der Waals surface area contributed by atoms with Gasteiger partial charge in [0.05, 0.1) is 12.7 Å². The normalized spacial score (nSPS) is 10.6. The molecule has 0 unspecified atom stereocenters. The Hall–Kier alpha value is -2.89. The minimum atomic E-state index is -0.536. The molecule has 3 aromatic rings. The topological polar surface area (TPSA) is 68.4 Å². The van der Waals surface area contributed by atoms with Crippen molar-refractivity contribution in [2.75, 3.05) is 7.11 Å². The first-order valence-electron chi connectivity index (χ1n) is 6.14. The van der Waals surface area contributed by atoms with Gasteiger partial charge < -0.3 is 14.4 Å². The summed E-state index contributed by atoms with van der Waals surface area (Å²) < 4.78 is 23.1. The zero-order valence-corrected chi connectivity index (χ0v) is 11.1. The van der Waals surface area contributed by atoms with Crippen LogP contribution in [0.3, 0.4) is 0 Å². The maximum Gasteiger partial charge on any atom is 0.262 e. The number of phenolic OH excluding ortho intramolecular Hbond substituents is 1. The van der Waals surface area contributed by atoms with Gasteiger partial charge in [0, 0.05) is 11.6 Å².